The molecule has 0 radical (unpaired) electrons. The number of carbonyl (C=O) groups excluding carboxylic acids is 5. The van der Waals surface area contributed by atoms with E-state index in [1.807, 2.05) is 36.7 Å². The van der Waals surface area contributed by atoms with Crippen molar-refractivity contribution in [2.45, 2.75) is 69.7 Å². The summed E-state index contributed by atoms with van der Waals surface area (Å²) in [7, 11) is 6.75. The highest BCUT2D eigenvalue weighted by Gasteiger charge is 2.45. The van der Waals surface area contributed by atoms with Crippen molar-refractivity contribution in [2.24, 2.45) is 7.05 Å². The Morgan fingerprint density at radius 2 is 1.69 bits per heavy atom. The van der Waals surface area contributed by atoms with Crippen LogP contribution in [0.4, 0.5) is 5.69 Å². The van der Waals surface area contributed by atoms with Crippen LogP contribution < -0.4 is 30.6 Å². The monoisotopic (exact) mass is 835 g/mol. The highest BCUT2D eigenvalue weighted by atomic mass is 16.5. The van der Waals surface area contributed by atoms with Crippen molar-refractivity contribution in [3.8, 4) is 22.6 Å². The minimum absolute atomic E-state index is 0.0325. The van der Waals surface area contributed by atoms with E-state index in [-0.39, 0.29) is 41.0 Å². The van der Waals surface area contributed by atoms with Crippen molar-refractivity contribution in [3.63, 3.8) is 0 Å². The zero-order valence-electron chi connectivity index (χ0n) is 35.2. The Kier molecular flexibility index (Phi) is 11.7. The summed E-state index contributed by atoms with van der Waals surface area (Å²) in [6.07, 6.45) is 9.40. The van der Waals surface area contributed by atoms with Gasteiger partial charge in [-0.15, -0.1) is 0 Å². The van der Waals surface area contributed by atoms with E-state index in [2.05, 4.69) is 20.4 Å². The van der Waals surface area contributed by atoms with E-state index in [0.29, 0.717) is 43.2 Å². The van der Waals surface area contributed by atoms with Crippen molar-refractivity contribution < 1.29 is 38.2 Å². The largest absolute Gasteiger partial charge is 0.496 e. The van der Waals surface area contributed by atoms with Crippen LogP contribution in [0.2, 0.25) is 0 Å². The highest BCUT2D eigenvalue weighted by Crippen LogP contribution is 2.39. The first-order valence-electron chi connectivity index (χ1n) is 21.0. The first kappa shape index (κ1) is 41.7. The van der Waals surface area contributed by atoms with Crippen LogP contribution in [0.25, 0.3) is 17.2 Å². The van der Waals surface area contributed by atoms with Gasteiger partial charge in [-0.05, 0) is 92.4 Å². The second kappa shape index (κ2) is 17.2. The van der Waals surface area contributed by atoms with E-state index in [1.54, 1.807) is 49.9 Å². The van der Waals surface area contributed by atoms with Gasteiger partial charge in [0.15, 0.2) is 0 Å². The van der Waals surface area contributed by atoms with E-state index < -0.39 is 29.7 Å². The van der Waals surface area contributed by atoms with Gasteiger partial charge in [-0.25, -0.2) is 0 Å². The Bertz CT molecular complexity index is 2340. The second-order valence-corrected chi connectivity index (χ2v) is 16.6. The van der Waals surface area contributed by atoms with Gasteiger partial charge in [0, 0.05) is 82.7 Å². The Balaban J connectivity index is 0.824. The number of piperidine rings is 2. The lowest BCUT2D eigenvalue weighted by atomic mass is 9.88. The molecule has 3 fully saturated rings. The molecular formula is C45H53N7O9. The third kappa shape index (κ3) is 8.13. The van der Waals surface area contributed by atoms with Crippen LogP contribution >= 0.6 is 0 Å². The van der Waals surface area contributed by atoms with Gasteiger partial charge in [0.2, 0.25) is 17.7 Å². The predicted octanol–water partition coefficient (Wildman–Crippen LogP) is 3.04. The zero-order chi connectivity index (χ0) is 43.0. The number of unbranched alkanes of at least 4 members (excludes halogenated alkanes) is 1. The van der Waals surface area contributed by atoms with E-state index >= 15 is 0 Å². The minimum Gasteiger partial charge on any atom is -0.496 e. The topological polar surface area (TPSA) is 172 Å². The molecular weight excluding hydrogens is 783 g/mol. The maximum Gasteiger partial charge on any atom is 0.262 e. The Morgan fingerprint density at radius 1 is 0.951 bits per heavy atom. The van der Waals surface area contributed by atoms with Crippen LogP contribution in [0, 0.1) is 0 Å². The Morgan fingerprint density at radius 3 is 2.41 bits per heavy atom. The zero-order valence-corrected chi connectivity index (χ0v) is 35.2. The summed E-state index contributed by atoms with van der Waals surface area (Å²) in [6.45, 7) is 5.32. The number of ether oxygens (including phenoxy) is 3. The summed E-state index contributed by atoms with van der Waals surface area (Å²) >= 11 is 0. The molecule has 0 aliphatic carbocycles. The molecule has 1 atom stereocenters. The molecule has 1 aromatic heterocycles. The molecule has 1 spiro atoms. The molecule has 2 aromatic carbocycles. The molecule has 3 saturated heterocycles. The number of rotatable bonds is 12. The first-order chi connectivity index (χ1) is 29.4. The summed E-state index contributed by atoms with van der Waals surface area (Å²) < 4.78 is 19.7. The molecule has 61 heavy (non-hydrogen) atoms. The number of aromatic nitrogens is 1. The molecule has 5 aliphatic rings. The van der Waals surface area contributed by atoms with E-state index in [9.17, 15) is 28.8 Å². The van der Waals surface area contributed by atoms with Gasteiger partial charge >= 0.3 is 0 Å². The number of morpholine rings is 1. The van der Waals surface area contributed by atoms with E-state index in [1.165, 1.54) is 0 Å². The number of hydrogen-bond acceptors (Lipinski definition) is 12. The lowest BCUT2D eigenvalue weighted by Gasteiger charge is -2.48. The number of anilines is 1. The number of nitrogens with zero attached hydrogens (tertiary/aromatic N) is 5. The molecule has 2 N–H and O–H groups in total. The van der Waals surface area contributed by atoms with Gasteiger partial charge in [0.05, 0.1) is 49.7 Å². The summed E-state index contributed by atoms with van der Waals surface area (Å²) in [5, 5.41) is 5.37. The molecule has 16 nitrogen and oxygen atoms in total. The Hall–Kier alpha value is -6.00. The van der Waals surface area contributed by atoms with Crippen LogP contribution in [0.15, 0.2) is 47.5 Å². The lowest BCUT2D eigenvalue weighted by molar-refractivity contribution is -0.136. The summed E-state index contributed by atoms with van der Waals surface area (Å²) in [5.41, 5.74) is 5.11. The minimum atomic E-state index is -0.996. The molecule has 16 heteroatoms. The van der Waals surface area contributed by atoms with Gasteiger partial charge in [0.1, 0.15) is 17.5 Å². The summed E-state index contributed by atoms with van der Waals surface area (Å²) in [6, 6.07) is 8.13. The van der Waals surface area contributed by atoms with Gasteiger partial charge in [-0.2, -0.15) is 0 Å². The normalized spacial score (nSPS) is 19.7. The quantitative estimate of drug-likeness (QED) is 0.202. The number of methoxy groups -OCH3 is 2. The fourth-order valence-corrected chi connectivity index (χ4v) is 9.38. The number of pyridine rings is 1. The first-order valence-corrected chi connectivity index (χ1v) is 21.0. The number of fused-ring (bicyclic) bond motifs is 2. The third-order valence-electron chi connectivity index (χ3n) is 12.8. The average molecular weight is 836 g/mol. The number of nitrogens with one attached hydrogen (secondary N) is 2. The molecule has 6 heterocycles. The van der Waals surface area contributed by atoms with E-state index in [4.69, 9.17) is 14.2 Å². The van der Waals surface area contributed by atoms with Crippen LogP contribution in [0.1, 0.15) is 82.4 Å². The lowest BCUT2D eigenvalue weighted by Crippen LogP contribution is -2.57. The maximum absolute atomic E-state index is 13.4. The third-order valence-corrected chi connectivity index (χ3v) is 12.8. The fraction of sp³-hybridized carbons (Fsp3) is 0.467. The smallest absolute Gasteiger partial charge is 0.262 e. The SMILES string of the molecule is COc1cc(-c2cn(C)c(=O)c3c2C=CNC3)cc(OC)c1CN(C)C(=O)CCCCN1CCOC2(CCN(c3ccc4c(c3)C(=O)N(C3CCC(=O)NC3=O)C4=O)CC2)C1. The summed E-state index contributed by atoms with van der Waals surface area (Å²) in [4.78, 5) is 84.3. The molecule has 5 aliphatic heterocycles. The van der Waals surface area contributed by atoms with Gasteiger partial charge < -0.3 is 33.9 Å². The number of carbonyl (C=O) groups is 5. The van der Waals surface area contributed by atoms with E-state index in [0.717, 1.165) is 91.2 Å². The van der Waals surface area contributed by atoms with Crippen LogP contribution in [-0.2, 0) is 39.3 Å². The number of benzene rings is 2. The standard InChI is InChI=1S/C45H53N7O9/c1-48(26-35-37(59-3)21-28(22-38(35)60-4)34-25-49(2)42(56)33-24-46-15-12-30(33)34)40(54)7-5-6-16-50-19-20-61-45(27-50)13-17-51(18-14-45)29-8-9-31-32(23-29)44(58)52(43(31)57)36-10-11-39(53)47-41(36)55/h8-9,12,15,21-23,25,36,46H,5-7,10-11,13-14,16-20,24,26-27H2,1-4H3,(H,47,53,55). The number of hydrogen-bond donors (Lipinski definition) is 2. The Labute approximate surface area is 354 Å². The molecule has 3 aromatic rings. The molecule has 5 amide bonds. The van der Waals surface area contributed by atoms with Crippen molar-refractivity contribution in [3.05, 3.63) is 80.9 Å². The predicted molar refractivity (Wildman–Crippen MR) is 226 cm³/mol. The number of amides is 5. The summed E-state index contributed by atoms with van der Waals surface area (Å²) in [5.74, 6) is -0.824. The fourth-order valence-electron chi connectivity index (χ4n) is 9.38. The van der Waals surface area contributed by atoms with Crippen molar-refractivity contribution >= 4 is 41.3 Å². The molecule has 8 rings (SSSR count). The van der Waals surface area contributed by atoms with Crippen LogP contribution in [0.3, 0.4) is 0 Å². The van der Waals surface area contributed by atoms with Gasteiger partial charge in [-0.1, -0.05) is 0 Å². The van der Waals surface area contributed by atoms with Crippen LogP contribution in [-0.4, -0.2) is 121 Å². The maximum atomic E-state index is 13.4. The second-order valence-electron chi connectivity index (χ2n) is 16.6. The molecule has 0 saturated carbocycles. The molecule has 1 unspecified atom stereocenters. The van der Waals surface area contributed by atoms with Crippen molar-refractivity contribution in [2.75, 3.05) is 65.5 Å². The molecule has 322 valence electrons. The van der Waals surface area contributed by atoms with Gasteiger partial charge in [0.25, 0.3) is 17.4 Å². The molecule has 0 bridgehead atoms. The number of aryl methyl sites for hydroxylation is 1. The number of imide groups is 2. The van der Waals surface area contributed by atoms with Crippen molar-refractivity contribution in [1.82, 2.24) is 29.9 Å². The van der Waals surface area contributed by atoms with Gasteiger partial charge in [-0.3, -0.25) is 43.9 Å². The average Bonchev–Trinajstić information content (AvgIpc) is 3.51. The van der Waals surface area contributed by atoms with Crippen LogP contribution in [0.5, 0.6) is 11.5 Å². The van der Waals surface area contributed by atoms with Crippen molar-refractivity contribution in [1.29, 1.82) is 0 Å². The highest BCUT2D eigenvalue weighted by molar-refractivity contribution is 6.23.